The Hall–Kier alpha value is -0.220. The standard InChI is InChI=1S/C12H23NO2S/c1-4-10(11(14)15-5-2)13-9-12(3)7-6-8-16-12/h10,13H,4-9H2,1-3H3. The lowest BCUT2D eigenvalue weighted by molar-refractivity contribution is -0.145. The zero-order valence-corrected chi connectivity index (χ0v) is 11.4. The molecular formula is C12H23NO2S. The van der Waals surface area contributed by atoms with Gasteiger partial charge < -0.3 is 10.1 Å². The lowest BCUT2D eigenvalue weighted by atomic mass is 10.1. The fraction of sp³-hybridized carbons (Fsp3) is 0.917. The van der Waals surface area contributed by atoms with E-state index in [1.165, 1.54) is 18.6 Å². The van der Waals surface area contributed by atoms with E-state index in [0.29, 0.717) is 11.4 Å². The average molecular weight is 245 g/mol. The van der Waals surface area contributed by atoms with Crippen LogP contribution in [-0.2, 0) is 9.53 Å². The fourth-order valence-corrected chi connectivity index (χ4v) is 3.21. The maximum absolute atomic E-state index is 11.6. The molecule has 0 aromatic rings. The van der Waals surface area contributed by atoms with Gasteiger partial charge >= 0.3 is 5.97 Å². The number of hydrogen-bond donors (Lipinski definition) is 1. The zero-order valence-electron chi connectivity index (χ0n) is 10.5. The second kappa shape index (κ2) is 6.50. The third-order valence-electron chi connectivity index (χ3n) is 3.00. The number of ether oxygens (including phenoxy) is 1. The van der Waals surface area contributed by atoms with Crippen molar-refractivity contribution >= 4 is 17.7 Å². The molecule has 2 unspecified atom stereocenters. The van der Waals surface area contributed by atoms with Gasteiger partial charge in [0.15, 0.2) is 0 Å². The predicted octanol–water partition coefficient (Wildman–Crippen LogP) is 2.20. The number of esters is 1. The Morgan fingerprint density at radius 2 is 2.31 bits per heavy atom. The molecule has 3 nitrogen and oxygen atoms in total. The van der Waals surface area contributed by atoms with Crippen LogP contribution in [0, 0.1) is 0 Å². The smallest absolute Gasteiger partial charge is 0.323 e. The largest absolute Gasteiger partial charge is 0.465 e. The Morgan fingerprint density at radius 1 is 1.56 bits per heavy atom. The molecule has 0 radical (unpaired) electrons. The molecule has 0 aliphatic carbocycles. The van der Waals surface area contributed by atoms with Crippen molar-refractivity contribution in [1.82, 2.24) is 5.32 Å². The SMILES string of the molecule is CCOC(=O)C(CC)NCC1(C)CCCS1. The summed E-state index contributed by atoms with van der Waals surface area (Å²) in [6.07, 6.45) is 3.32. The van der Waals surface area contributed by atoms with E-state index >= 15 is 0 Å². The van der Waals surface area contributed by atoms with Crippen LogP contribution in [0.2, 0.25) is 0 Å². The van der Waals surface area contributed by atoms with Gasteiger partial charge in [-0.3, -0.25) is 4.79 Å². The predicted molar refractivity (Wildman–Crippen MR) is 68.8 cm³/mol. The van der Waals surface area contributed by atoms with Crippen molar-refractivity contribution in [3.8, 4) is 0 Å². The van der Waals surface area contributed by atoms with E-state index in [-0.39, 0.29) is 12.0 Å². The molecule has 1 saturated heterocycles. The first kappa shape index (κ1) is 13.8. The highest BCUT2D eigenvalue weighted by atomic mass is 32.2. The summed E-state index contributed by atoms with van der Waals surface area (Å²) in [5, 5.41) is 3.34. The number of carbonyl (C=O) groups excluding carboxylic acids is 1. The molecule has 0 bridgehead atoms. The van der Waals surface area contributed by atoms with Crippen molar-refractivity contribution in [3.63, 3.8) is 0 Å². The van der Waals surface area contributed by atoms with E-state index in [1.807, 2.05) is 25.6 Å². The van der Waals surface area contributed by atoms with Crippen molar-refractivity contribution in [2.75, 3.05) is 18.9 Å². The Labute approximate surface area is 103 Å². The van der Waals surface area contributed by atoms with E-state index < -0.39 is 0 Å². The van der Waals surface area contributed by atoms with Crippen molar-refractivity contribution in [2.45, 2.75) is 50.8 Å². The van der Waals surface area contributed by atoms with Crippen molar-refractivity contribution in [2.24, 2.45) is 0 Å². The minimum atomic E-state index is -0.141. The Balaban J connectivity index is 2.35. The van der Waals surface area contributed by atoms with E-state index in [0.717, 1.165) is 13.0 Å². The average Bonchev–Trinajstić information content (AvgIpc) is 2.67. The molecule has 0 amide bonds. The van der Waals surface area contributed by atoms with Gasteiger partial charge in [0.25, 0.3) is 0 Å². The highest BCUT2D eigenvalue weighted by molar-refractivity contribution is 8.00. The van der Waals surface area contributed by atoms with E-state index in [9.17, 15) is 4.79 Å². The zero-order chi connectivity index (χ0) is 12.0. The van der Waals surface area contributed by atoms with E-state index in [2.05, 4.69) is 12.2 Å². The van der Waals surface area contributed by atoms with Crippen LogP contribution in [0.4, 0.5) is 0 Å². The number of nitrogens with one attached hydrogen (secondary N) is 1. The maximum Gasteiger partial charge on any atom is 0.323 e. The lowest BCUT2D eigenvalue weighted by Gasteiger charge is -2.25. The van der Waals surface area contributed by atoms with Gasteiger partial charge in [-0.05, 0) is 38.9 Å². The van der Waals surface area contributed by atoms with Crippen molar-refractivity contribution < 1.29 is 9.53 Å². The lowest BCUT2D eigenvalue weighted by Crippen LogP contribution is -2.44. The van der Waals surface area contributed by atoms with Crippen LogP contribution in [-0.4, -0.2) is 35.7 Å². The van der Waals surface area contributed by atoms with E-state index in [1.54, 1.807) is 0 Å². The first-order valence-corrected chi connectivity index (χ1v) is 7.14. The van der Waals surface area contributed by atoms with Crippen molar-refractivity contribution in [1.29, 1.82) is 0 Å². The molecule has 0 spiro atoms. The highest BCUT2D eigenvalue weighted by Gasteiger charge is 2.30. The molecule has 1 aliphatic rings. The molecule has 1 N–H and O–H groups in total. The Morgan fingerprint density at radius 3 is 2.81 bits per heavy atom. The second-order valence-corrected chi connectivity index (χ2v) is 6.18. The molecule has 2 atom stereocenters. The molecule has 1 aliphatic heterocycles. The molecule has 0 saturated carbocycles. The first-order chi connectivity index (χ1) is 7.61. The molecular weight excluding hydrogens is 222 g/mol. The number of rotatable bonds is 6. The van der Waals surface area contributed by atoms with Crippen LogP contribution in [0.1, 0.15) is 40.0 Å². The second-order valence-electron chi connectivity index (χ2n) is 4.50. The van der Waals surface area contributed by atoms with Crippen LogP contribution in [0.15, 0.2) is 0 Å². The van der Waals surface area contributed by atoms with Crippen LogP contribution >= 0.6 is 11.8 Å². The summed E-state index contributed by atoms with van der Waals surface area (Å²) in [4.78, 5) is 11.6. The topological polar surface area (TPSA) is 38.3 Å². The normalized spacial score (nSPS) is 26.7. The molecule has 0 aromatic carbocycles. The molecule has 16 heavy (non-hydrogen) atoms. The monoisotopic (exact) mass is 245 g/mol. The van der Waals surface area contributed by atoms with E-state index in [4.69, 9.17) is 4.74 Å². The van der Waals surface area contributed by atoms with Gasteiger partial charge in [0.1, 0.15) is 6.04 Å². The van der Waals surface area contributed by atoms with Crippen LogP contribution in [0.5, 0.6) is 0 Å². The summed E-state index contributed by atoms with van der Waals surface area (Å²) >= 11 is 2.01. The molecule has 1 rings (SSSR count). The first-order valence-electron chi connectivity index (χ1n) is 6.15. The van der Waals surface area contributed by atoms with Gasteiger partial charge in [-0.1, -0.05) is 6.92 Å². The minimum absolute atomic E-state index is 0.114. The number of thioether (sulfide) groups is 1. The van der Waals surface area contributed by atoms with Crippen molar-refractivity contribution in [3.05, 3.63) is 0 Å². The summed E-state index contributed by atoms with van der Waals surface area (Å²) in [7, 11) is 0. The summed E-state index contributed by atoms with van der Waals surface area (Å²) in [6, 6.07) is -0.141. The van der Waals surface area contributed by atoms with Gasteiger partial charge in [-0.2, -0.15) is 11.8 Å². The van der Waals surface area contributed by atoms with Gasteiger partial charge in [-0.15, -0.1) is 0 Å². The third-order valence-corrected chi connectivity index (χ3v) is 4.54. The minimum Gasteiger partial charge on any atom is -0.465 e. The van der Waals surface area contributed by atoms with Gasteiger partial charge in [0, 0.05) is 11.3 Å². The molecule has 1 heterocycles. The van der Waals surface area contributed by atoms with Gasteiger partial charge in [0.2, 0.25) is 0 Å². The summed E-state index contributed by atoms with van der Waals surface area (Å²) in [5.74, 6) is 1.13. The Bertz CT molecular complexity index is 227. The molecule has 0 aromatic heterocycles. The maximum atomic E-state index is 11.6. The summed E-state index contributed by atoms with van der Waals surface area (Å²) < 4.78 is 5.34. The summed E-state index contributed by atoms with van der Waals surface area (Å²) in [6.45, 7) is 7.49. The Kier molecular flexibility index (Phi) is 5.62. The van der Waals surface area contributed by atoms with Crippen LogP contribution < -0.4 is 5.32 Å². The van der Waals surface area contributed by atoms with Gasteiger partial charge in [-0.25, -0.2) is 0 Å². The summed E-state index contributed by atoms with van der Waals surface area (Å²) in [5.41, 5.74) is 0. The van der Waals surface area contributed by atoms with Crippen LogP contribution in [0.25, 0.3) is 0 Å². The molecule has 94 valence electrons. The van der Waals surface area contributed by atoms with Crippen LogP contribution in [0.3, 0.4) is 0 Å². The number of carbonyl (C=O) groups is 1. The third kappa shape index (κ3) is 3.98. The molecule has 4 heteroatoms. The number of hydrogen-bond acceptors (Lipinski definition) is 4. The fourth-order valence-electron chi connectivity index (χ4n) is 1.95. The quantitative estimate of drug-likeness (QED) is 0.728. The molecule has 1 fully saturated rings. The van der Waals surface area contributed by atoms with Gasteiger partial charge in [0.05, 0.1) is 6.61 Å². The highest BCUT2D eigenvalue weighted by Crippen LogP contribution is 2.37.